The zero-order valence-electron chi connectivity index (χ0n) is 17.1. The van der Waals surface area contributed by atoms with Gasteiger partial charge < -0.3 is 9.84 Å². The summed E-state index contributed by atoms with van der Waals surface area (Å²) in [5.41, 5.74) is 2.02. The topological polar surface area (TPSA) is 46.5 Å². The summed E-state index contributed by atoms with van der Waals surface area (Å²) >= 11 is 0. The lowest BCUT2D eigenvalue weighted by atomic mass is 9.99. The van der Waals surface area contributed by atoms with Crippen molar-refractivity contribution in [2.75, 3.05) is 7.11 Å². The number of unbranched alkanes of at least 4 members (excludes halogenated alkanes) is 5. The Labute approximate surface area is 170 Å². The van der Waals surface area contributed by atoms with Crippen LogP contribution in [0.5, 0.6) is 5.75 Å². The molecule has 0 aliphatic heterocycles. The molecule has 1 rings (SSSR count). The summed E-state index contributed by atoms with van der Waals surface area (Å²) in [6.07, 6.45) is 23.6. The van der Waals surface area contributed by atoms with E-state index in [9.17, 15) is 4.79 Å². The van der Waals surface area contributed by atoms with Crippen LogP contribution >= 0.6 is 0 Å². The van der Waals surface area contributed by atoms with Gasteiger partial charge in [0.2, 0.25) is 0 Å². The normalized spacial score (nSPS) is 11.6. The third kappa shape index (κ3) is 10.6. The van der Waals surface area contributed by atoms with Crippen molar-refractivity contribution in [1.29, 1.82) is 0 Å². The van der Waals surface area contributed by atoms with Gasteiger partial charge in [-0.2, -0.15) is 0 Å². The first kappa shape index (κ1) is 23.5. The first-order valence-electron chi connectivity index (χ1n) is 10.2. The molecule has 0 aromatic heterocycles. The number of allylic oxidation sites excluding steroid dienone is 5. The lowest BCUT2D eigenvalue weighted by Crippen LogP contribution is -1.96. The highest BCUT2D eigenvalue weighted by atomic mass is 16.5. The van der Waals surface area contributed by atoms with Gasteiger partial charge >= 0.3 is 5.97 Å². The highest BCUT2D eigenvalue weighted by Crippen LogP contribution is 2.25. The van der Waals surface area contributed by atoms with Crippen molar-refractivity contribution in [2.45, 2.75) is 57.8 Å². The van der Waals surface area contributed by atoms with Crippen LogP contribution in [0.2, 0.25) is 0 Å². The molecule has 1 N–H and O–H groups in total. The number of rotatable bonds is 15. The van der Waals surface area contributed by atoms with Crippen molar-refractivity contribution in [3.8, 4) is 5.75 Å². The van der Waals surface area contributed by atoms with E-state index in [1.807, 2.05) is 18.2 Å². The number of carbonyl (C=O) groups is 1. The fourth-order valence-electron chi connectivity index (χ4n) is 3.02. The Morgan fingerprint density at radius 1 is 1.04 bits per heavy atom. The largest absolute Gasteiger partial charge is 0.496 e. The molecular weight excluding hydrogens is 348 g/mol. The zero-order chi connectivity index (χ0) is 20.5. The van der Waals surface area contributed by atoms with Crippen LogP contribution in [-0.2, 0) is 11.2 Å². The number of benzene rings is 1. The second kappa shape index (κ2) is 15.5. The maximum absolute atomic E-state index is 10.8. The van der Waals surface area contributed by atoms with Crippen LogP contribution in [0.3, 0.4) is 0 Å². The minimum Gasteiger partial charge on any atom is -0.496 e. The van der Waals surface area contributed by atoms with Crippen LogP contribution in [0, 0.1) is 0 Å². The van der Waals surface area contributed by atoms with Gasteiger partial charge in [-0.3, -0.25) is 0 Å². The molecule has 0 radical (unpaired) electrons. The molecule has 0 bridgehead atoms. The Hall–Kier alpha value is -2.55. The van der Waals surface area contributed by atoms with Crippen LogP contribution in [0.15, 0.2) is 61.2 Å². The first-order chi connectivity index (χ1) is 13.7. The predicted octanol–water partition coefficient (Wildman–Crippen LogP) is 6.75. The van der Waals surface area contributed by atoms with Gasteiger partial charge in [-0.25, -0.2) is 4.79 Å². The number of hydrogen-bond donors (Lipinski definition) is 1. The average molecular weight is 383 g/mol. The predicted molar refractivity (Wildman–Crippen MR) is 119 cm³/mol. The number of aliphatic carboxylic acids is 1. The van der Waals surface area contributed by atoms with Crippen molar-refractivity contribution >= 4 is 12.0 Å². The standard InChI is InChI=1S/C25H34O3/c1-3-4-5-6-7-8-9-10-11-12-13-14-15-17-22-18-16-19-24(28-2)23(22)20-21-25(26)27/h3,5-6,8-9,16,18-21H,1,4,7,10-15,17H2,2H3,(H,26,27)/b6-5-,9-8-,21-20+. The second-order valence-corrected chi connectivity index (χ2v) is 6.71. The van der Waals surface area contributed by atoms with Crippen molar-refractivity contribution in [2.24, 2.45) is 0 Å². The third-order valence-electron chi connectivity index (χ3n) is 4.49. The molecule has 0 fully saturated rings. The maximum atomic E-state index is 10.8. The van der Waals surface area contributed by atoms with E-state index in [0.717, 1.165) is 49.0 Å². The molecule has 0 saturated heterocycles. The smallest absolute Gasteiger partial charge is 0.328 e. The Kier molecular flexibility index (Phi) is 13.0. The van der Waals surface area contributed by atoms with Gasteiger partial charge in [0, 0.05) is 11.6 Å². The molecule has 0 spiro atoms. The minimum atomic E-state index is -0.946. The van der Waals surface area contributed by atoms with Crippen LogP contribution in [0.25, 0.3) is 6.08 Å². The van der Waals surface area contributed by atoms with Gasteiger partial charge in [-0.1, -0.05) is 61.8 Å². The fourth-order valence-corrected chi connectivity index (χ4v) is 3.02. The van der Waals surface area contributed by atoms with Gasteiger partial charge in [0.1, 0.15) is 5.75 Å². The summed E-state index contributed by atoms with van der Waals surface area (Å²) in [5.74, 6) is -0.222. The summed E-state index contributed by atoms with van der Waals surface area (Å²) in [6.45, 7) is 3.69. The summed E-state index contributed by atoms with van der Waals surface area (Å²) in [4.78, 5) is 10.8. The maximum Gasteiger partial charge on any atom is 0.328 e. The van der Waals surface area contributed by atoms with Crippen LogP contribution in [0.4, 0.5) is 0 Å². The van der Waals surface area contributed by atoms with Crippen LogP contribution in [0.1, 0.15) is 62.5 Å². The number of methoxy groups -OCH3 is 1. The SMILES string of the molecule is C=CC/C=C\C/C=C\CCCCCCCc1cccc(OC)c1/C=C/C(=O)O. The fraction of sp³-hybridized carbons (Fsp3) is 0.400. The second-order valence-electron chi connectivity index (χ2n) is 6.71. The first-order valence-corrected chi connectivity index (χ1v) is 10.2. The summed E-state index contributed by atoms with van der Waals surface area (Å²) in [7, 11) is 1.61. The summed E-state index contributed by atoms with van der Waals surface area (Å²) < 4.78 is 5.38. The number of carboxylic acids is 1. The van der Waals surface area contributed by atoms with E-state index in [2.05, 4.69) is 36.9 Å². The monoisotopic (exact) mass is 382 g/mol. The molecule has 1 aromatic rings. The minimum absolute atomic E-state index is 0.723. The molecule has 0 saturated carbocycles. The van der Waals surface area contributed by atoms with Gasteiger partial charge in [-0.05, 0) is 56.2 Å². The van der Waals surface area contributed by atoms with Crippen molar-refractivity contribution in [1.82, 2.24) is 0 Å². The Morgan fingerprint density at radius 3 is 2.50 bits per heavy atom. The van der Waals surface area contributed by atoms with E-state index in [0.29, 0.717) is 0 Å². The molecule has 0 unspecified atom stereocenters. The lowest BCUT2D eigenvalue weighted by Gasteiger charge is -2.11. The molecule has 0 aliphatic carbocycles. The Bertz CT molecular complexity index is 668. The summed E-state index contributed by atoms with van der Waals surface area (Å²) in [5, 5.41) is 8.89. The van der Waals surface area contributed by atoms with Gasteiger partial charge in [0.05, 0.1) is 7.11 Å². The molecule has 3 nitrogen and oxygen atoms in total. The zero-order valence-corrected chi connectivity index (χ0v) is 17.1. The molecule has 3 heteroatoms. The molecule has 1 aromatic carbocycles. The molecule has 28 heavy (non-hydrogen) atoms. The molecule has 0 heterocycles. The number of carboxylic acid groups (broad SMARTS) is 1. The molecule has 0 atom stereocenters. The van der Waals surface area contributed by atoms with E-state index >= 15 is 0 Å². The van der Waals surface area contributed by atoms with E-state index in [-0.39, 0.29) is 0 Å². The van der Waals surface area contributed by atoms with E-state index < -0.39 is 5.97 Å². The average Bonchev–Trinajstić information content (AvgIpc) is 2.70. The Morgan fingerprint density at radius 2 is 1.75 bits per heavy atom. The van der Waals surface area contributed by atoms with Crippen LogP contribution in [-0.4, -0.2) is 18.2 Å². The number of aryl methyl sites for hydroxylation is 1. The van der Waals surface area contributed by atoms with E-state index in [1.165, 1.54) is 31.8 Å². The van der Waals surface area contributed by atoms with Gasteiger partial charge in [0.25, 0.3) is 0 Å². The number of ether oxygens (including phenoxy) is 1. The number of hydrogen-bond acceptors (Lipinski definition) is 2. The highest BCUT2D eigenvalue weighted by Gasteiger charge is 2.06. The molecule has 152 valence electrons. The van der Waals surface area contributed by atoms with Crippen molar-refractivity contribution in [3.05, 3.63) is 72.4 Å². The van der Waals surface area contributed by atoms with Crippen LogP contribution < -0.4 is 4.74 Å². The van der Waals surface area contributed by atoms with E-state index in [1.54, 1.807) is 13.2 Å². The van der Waals surface area contributed by atoms with Crippen molar-refractivity contribution in [3.63, 3.8) is 0 Å². The van der Waals surface area contributed by atoms with Gasteiger partial charge in [-0.15, -0.1) is 6.58 Å². The van der Waals surface area contributed by atoms with E-state index in [4.69, 9.17) is 9.84 Å². The van der Waals surface area contributed by atoms with Gasteiger partial charge in [0.15, 0.2) is 0 Å². The molecule has 0 aliphatic rings. The lowest BCUT2D eigenvalue weighted by molar-refractivity contribution is -0.131. The van der Waals surface area contributed by atoms with Crippen molar-refractivity contribution < 1.29 is 14.6 Å². The third-order valence-corrected chi connectivity index (χ3v) is 4.49. The summed E-state index contributed by atoms with van der Waals surface area (Å²) in [6, 6.07) is 5.89. The quantitative estimate of drug-likeness (QED) is 0.207. The molecular formula is C25H34O3. The molecule has 0 amide bonds. The Balaban J connectivity index is 2.27. The highest BCUT2D eigenvalue weighted by molar-refractivity contribution is 5.86.